The zero-order valence-corrected chi connectivity index (χ0v) is 16.3. The van der Waals surface area contributed by atoms with Gasteiger partial charge < -0.3 is 15.0 Å². The fraction of sp³-hybridized carbons (Fsp3) is 0.333. The van der Waals surface area contributed by atoms with Crippen molar-refractivity contribution in [2.75, 3.05) is 18.6 Å². The monoisotopic (exact) mass is 397 g/mol. The first-order valence-corrected chi connectivity index (χ1v) is 9.41. The van der Waals surface area contributed by atoms with Gasteiger partial charge in [0, 0.05) is 18.2 Å². The van der Waals surface area contributed by atoms with Crippen LogP contribution in [0.15, 0.2) is 48.5 Å². The maximum atomic E-state index is 12.4. The largest absolute Gasteiger partial charge is 0.467 e. The standard InChI is InChI=1S/C21H23N3O5/c1-14(21(26)29-2)22-20(25)16-10-11-18(19(13-16)24(27)28)23-12-6-9-17(23)15-7-4-3-5-8-15/h3-5,7-8,10-11,13-14,17H,6,9,12H2,1-2H3,(H,22,25). The summed E-state index contributed by atoms with van der Waals surface area (Å²) in [4.78, 5) is 37.2. The number of nitro benzene ring substituents is 1. The average Bonchev–Trinajstić information content (AvgIpc) is 3.22. The molecule has 2 aromatic rings. The Balaban J connectivity index is 1.90. The SMILES string of the molecule is COC(=O)C(C)NC(=O)c1ccc(N2CCCC2c2ccccc2)c([N+](=O)[O-])c1. The number of hydrogen-bond donors (Lipinski definition) is 1. The van der Waals surface area contributed by atoms with Crippen molar-refractivity contribution in [2.45, 2.75) is 31.8 Å². The number of ether oxygens (including phenoxy) is 1. The molecule has 1 heterocycles. The number of hydrogen-bond acceptors (Lipinski definition) is 6. The summed E-state index contributed by atoms with van der Waals surface area (Å²) in [6.45, 7) is 2.19. The van der Waals surface area contributed by atoms with E-state index >= 15 is 0 Å². The highest BCUT2D eigenvalue weighted by molar-refractivity contribution is 5.98. The average molecular weight is 397 g/mol. The number of anilines is 1. The Kier molecular flexibility index (Phi) is 6.11. The first-order chi connectivity index (χ1) is 13.9. The van der Waals surface area contributed by atoms with E-state index in [1.54, 1.807) is 12.1 Å². The zero-order valence-electron chi connectivity index (χ0n) is 16.3. The molecule has 0 aliphatic carbocycles. The first-order valence-electron chi connectivity index (χ1n) is 9.41. The van der Waals surface area contributed by atoms with Crippen LogP contribution in [0.2, 0.25) is 0 Å². The number of carbonyl (C=O) groups is 2. The lowest BCUT2D eigenvalue weighted by Crippen LogP contribution is -2.39. The van der Waals surface area contributed by atoms with Gasteiger partial charge in [-0.25, -0.2) is 4.79 Å². The van der Waals surface area contributed by atoms with Crippen molar-refractivity contribution in [3.05, 3.63) is 69.8 Å². The summed E-state index contributed by atoms with van der Waals surface area (Å²) >= 11 is 0. The fourth-order valence-electron chi connectivity index (χ4n) is 3.65. The van der Waals surface area contributed by atoms with Crippen LogP contribution < -0.4 is 10.2 Å². The van der Waals surface area contributed by atoms with Crippen LogP contribution in [0.4, 0.5) is 11.4 Å². The van der Waals surface area contributed by atoms with Crippen LogP contribution in [0.1, 0.15) is 41.7 Å². The van der Waals surface area contributed by atoms with Crippen molar-refractivity contribution in [2.24, 2.45) is 0 Å². The van der Waals surface area contributed by atoms with E-state index in [4.69, 9.17) is 0 Å². The van der Waals surface area contributed by atoms with E-state index in [1.165, 1.54) is 20.1 Å². The Bertz CT molecular complexity index is 916. The molecule has 8 nitrogen and oxygen atoms in total. The summed E-state index contributed by atoms with van der Waals surface area (Å²) in [6.07, 6.45) is 1.83. The summed E-state index contributed by atoms with van der Waals surface area (Å²) < 4.78 is 4.58. The smallest absolute Gasteiger partial charge is 0.328 e. The summed E-state index contributed by atoms with van der Waals surface area (Å²) in [6, 6.07) is 13.5. The van der Waals surface area contributed by atoms with Crippen LogP contribution in [-0.4, -0.2) is 36.5 Å². The van der Waals surface area contributed by atoms with Gasteiger partial charge in [0.15, 0.2) is 0 Å². The highest BCUT2D eigenvalue weighted by Crippen LogP contribution is 2.40. The van der Waals surface area contributed by atoms with Crippen molar-refractivity contribution in [1.29, 1.82) is 0 Å². The van der Waals surface area contributed by atoms with Gasteiger partial charge >= 0.3 is 5.97 Å². The van der Waals surface area contributed by atoms with Crippen molar-refractivity contribution in [1.82, 2.24) is 5.32 Å². The second-order valence-electron chi connectivity index (χ2n) is 6.94. The number of nitrogens with one attached hydrogen (secondary N) is 1. The van der Waals surface area contributed by atoms with Gasteiger partial charge in [0.1, 0.15) is 11.7 Å². The minimum absolute atomic E-state index is 0.0499. The quantitative estimate of drug-likeness (QED) is 0.456. The van der Waals surface area contributed by atoms with E-state index < -0.39 is 22.8 Å². The second-order valence-corrected chi connectivity index (χ2v) is 6.94. The molecule has 0 bridgehead atoms. The third-order valence-electron chi connectivity index (χ3n) is 5.08. The normalized spacial score (nSPS) is 16.9. The van der Waals surface area contributed by atoms with Gasteiger partial charge in [0.05, 0.1) is 18.1 Å². The number of nitrogens with zero attached hydrogens (tertiary/aromatic N) is 2. The number of esters is 1. The van der Waals surface area contributed by atoms with Crippen LogP contribution in [0.25, 0.3) is 0 Å². The number of rotatable bonds is 6. The molecule has 152 valence electrons. The predicted octanol–water partition coefficient (Wildman–Crippen LogP) is 3.23. The lowest BCUT2D eigenvalue weighted by molar-refractivity contribution is -0.384. The summed E-state index contributed by atoms with van der Waals surface area (Å²) in [7, 11) is 1.23. The molecule has 1 fully saturated rings. The second kappa shape index (κ2) is 8.72. The van der Waals surface area contributed by atoms with Gasteiger partial charge in [-0.1, -0.05) is 30.3 Å². The molecule has 1 amide bonds. The van der Waals surface area contributed by atoms with Gasteiger partial charge in [-0.15, -0.1) is 0 Å². The maximum Gasteiger partial charge on any atom is 0.328 e. The van der Waals surface area contributed by atoms with Gasteiger partial charge in [0.25, 0.3) is 11.6 Å². The van der Waals surface area contributed by atoms with E-state index in [9.17, 15) is 19.7 Å². The lowest BCUT2D eigenvalue weighted by atomic mass is 10.0. The zero-order chi connectivity index (χ0) is 21.0. The van der Waals surface area contributed by atoms with E-state index in [2.05, 4.69) is 10.1 Å². The van der Waals surface area contributed by atoms with Crippen LogP contribution in [-0.2, 0) is 9.53 Å². The number of benzene rings is 2. The summed E-state index contributed by atoms with van der Waals surface area (Å²) in [5.74, 6) is -1.16. The molecule has 2 aromatic carbocycles. The van der Waals surface area contributed by atoms with E-state index in [0.717, 1.165) is 18.4 Å². The molecule has 1 aliphatic heterocycles. The van der Waals surface area contributed by atoms with Crippen molar-refractivity contribution >= 4 is 23.3 Å². The Morgan fingerprint density at radius 1 is 1.24 bits per heavy atom. The van der Waals surface area contributed by atoms with Crippen molar-refractivity contribution in [3.8, 4) is 0 Å². The highest BCUT2D eigenvalue weighted by Gasteiger charge is 2.31. The molecular weight excluding hydrogens is 374 g/mol. The molecular formula is C21H23N3O5. The fourth-order valence-corrected chi connectivity index (χ4v) is 3.65. The Hall–Kier alpha value is -3.42. The molecule has 2 atom stereocenters. The number of nitro groups is 1. The Labute approximate surface area is 168 Å². The third-order valence-corrected chi connectivity index (χ3v) is 5.08. The molecule has 1 N–H and O–H groups in total. The maximum absolute atomic E-state index is 12.4. The molecule has 1 saturated heterocycles. The minimum atomic E-state index is -0.854. The Morgan fingerprint density at radius 3 is 2.62 bits per heavy atom. The molecule has 0 radical (unpaired) electrons. The van der Waals surface area contributed by atoms with Crippen LogP contribution in [0, 0.1) is 10.1 Å². The van der Waals surface area contributed by atoms with Crippen molar-refractivity contribution in [3.63, 3.8) is 0 Å². The highest BCUT2D eigenvalue weighted by atomic mass is 16.6. The van der Waals surface area contributed by atoms with Gasteiger partial charge in [-0.05, 0) is 37.5 Å². The number of carbonyl (C=O) groups excluding carboxylic acids is 2. The molecule has 0 aromatic heterocycles. The lowest BCUT2D eigenvalue weighted by Gasteiger charge is -2.27. The molecule has 8 heteroatoms. The molecule has 0 spiro atoms. The molecule has 1 aliphatic rings. The van der Waals surface area contributed by atoms with Crippen molar-refractivity contribution < 1.29 is 19.2 Å². The van der Waals surface area contributed by atoms with Crippen LogP contribution >= 0.6 is 0 Å². The number of methoxy groups -OCH3 is 1. The Morgan fingerprint density at radius 2 is 1.97 bits per heavy atom. The van der Waals surface area contributed by atoms with Gasteiger partial charge in [-0.2, -0.15) is 0 Å². The predicted molar refractivity (Wildman–Crippen MR) is 108 cm³/mol. The van der Waals surface area contributed by atoms with E-state index in [-0.39, 0.29) is 17.3 Å². The van der Waals surface area contributed by atoms with E-state index in [0.29, 0.717) is 12.2 Å². The first kappa shape index (κ1) is 20.3. The summed E-state index contributed by atoms with van der Waals surface area (Å²) in [5.41, 5.74) is 1.57. The van der Waals surface area contributed by atoms with Gasteiger partial charge in [0.2, 0.25) is 0 Å². The number of amides is 1. The molecule has 29 heavy (non-hydrogen) atoms. The van der Waals surface area contributed by atoms with Crippen LogP contribution in [0.3, 0.4) is 0 Å². The molecule has 2 unspecified atom stereocenters. The molecule has 3 rings (SSSR count). The minimum Gasteiger partial charge on any atom is -0.467 e. The van der Waals surface area contributed by atoms with E-state index in [1.807, 2.05) is 35.2 Å². The van der Waals surface area contributed by atoms with Gasteiger partial charge in [-0.3, -0.25) is 14.9 Å². The topological polar surface area (TPSA) is 102 Å². The van der Waals surface area contributed by atoms with Crippen LogP contribution in [0.5, 0.6) is 0 Å². The molecule has 0 saturated carbocycles. The summed E-state index contributed by atoms with van der Waals surface area (Å²) in [5, 5.41) is 14.2. The third kappa shape index (κ3) is 4.37.